The Morgan fingerprint density at radius 3 is 2.87 bits per heavy atom. The monoisotopic (exact) mass is 209 g/mol. The minimum Gasteiger partial charge on any atom is -0.489 e. The first kappa shape index (κ1) is 11.7. The first-order chi connectivity index (χ1) is 7.27. The predicted octanol–water partition coefficient (Wildman–Crippen LogP) is 1.62. The summed E-state index contributed by atoms with van der Waals surface area (Å²) in [4.78, 5) is 14.8. The number of aldehydes is 1. The van der Waals surface area contributed by atoms with Gasteiger partial charge in [0.2, 0.25) is 0 Å². The van der Waals surface area contributed by atoms with Gasteiger partial charge in [-0.15, -0.1) is 0 Å². The quantitative estimate of drug-likeness (QED) is 0.527. The second-order valence-corrected chi connectivity index (χ2v) is 3.00. The van der Waals surface area contributed by atoms with Crippen molar-refractivity contribution in [3.05, 3.63) is 23.5 Å². The van der Waals surface area contributed by atoms with Gasteiger partial charge in [-0.25, -0.2) is 4.98 Å². The molecule has 15 heavy (non-hydrogen) atoms. The van der Waals surface area contributed by atoms with Crippen molar-refractivity contribution in [2.75, 3.05) is 19.8 Å². The summed E-state index contributed by atoms with van der Waals surface area (Å²) in [7, 11) is 0. The van der Waals surface area contributed by atoms with Crippen molar-refractivity contribution in [3.8, 4) is 5.75 Å². The highest BCUT2D eigenvalue weighted by Gasteiger charge is 2.04. The minimum atomic E-state index is 0.339. The molecule has 0 aromatic carbocycles. The lowest BCUT2D eigenvalue weighted by molar-refractivity contribution is 0.106. The van der Waals surface area contributed by atoms with Gasteiger partial charge in [0.1, 0.15) is 18.1 Å². The van der Waals surface area contributed by atoms with Gasteiger partial charge in [-0.1, -0.05) is 0 Å². The number of nitrogens with zero attached hydrogens (tertiary/aromatic N) is 1. The van der Waals surface area contributed by atoms with Crippen molar-refractivity contribution in [2.45, 2.75) is 13.8 Å². The fraction of sp³-hybridized carbons (Fsp3) is 0.455. The Morgan fingerprint density at radius 2 is 2.20 bits per heavy atom. The number of ether oxygens (including phenoxy) is 2. The standard InChI is InChI=1S/C11H15NO3/c1-3-14-6-7-15-11-5-4-9(2)12-10(11)8-13/h4-5,8H,3,6-7H2,1-2H3. The Labute approximate surface area is 89.2 Å². The molecule has 0 spiro atoms. The molecule has 0 aliphatic heterocycles. The molecule has 0 fully saturated rings. The summed E-state index contributed by atoms with van der Waals surface area (Å²) in [5.74, 6) is 0.510. The Hall–Kier alpha value is -1.42. The third-order valence-corrected chi connectivity index (χ3v) is 1.83. The summed E-state index contributed by atoms with van der Waals surface area (Å²) in [6, 6.07) is 3.56. The van der Waals surface area contributed by atoms with Gasteiger partial charge in [0.25, 0.3) is 0 Å². The number of carbonyl (C=O) groups excluding carboxylic acids is 1. The van der Waals surface area contributed by atoms with Gasteiger partial charge in [-0.2, -0.15) is 0 Å². The van der Waals surface area contributed by atoms with Crippen molar-refractivity contribution < 1.29 is 14.3 Å². The van der Waals surface area contributed by atoms with E-state index in [1.165, 1.54) is 0 Å². The summed E-state index contributed by atoms with van der Waals surface area (Å²) in [5.41, 5.74) is 1.14. The van der Waals surface area contributed by atoms with E-state index in [-0.39, 0.29) is 0 Å². The molecule has 1 aromatic heterocycles. The van der Waals surface area contributed by atoms with E-state index in [4.69, 9.17) is 9.47 Å². The van der Waals surface area contributed by atoms with Crippen LogP contribution < -0.4 is 4.74 Å². The number of carbonyl (C=O) groups is 1. The van der Waals surface area contributed by atoms with Crippen molar-refractivity contribution in [2.24, 2.45) is 0 Å². The van der Waals surface area contributed by atoms with Crippen LogP contribution in [0.4, 0.5) is 0 Å². The van der Waals surface area contributed by atoms with Crippen LogP contribution in [0.2, 0.25) is 0 Å². The molecule has 1 heterocycles. The second kappa shape index (κ2) is 6.14. The molecular formula is C11H15NO3. The maximum Gasteiger partial charge on any atom is 0.172 e. The molecule has 0 radical (unpaired) electrons. The Morgan fingerprint density at radius 1 is 1.40 bits per heavy atom. The van der Waals surface area contributed by atoms with Crippen LogP contribution in [0.15, 0.2) is 12.1 Å². The van der Waals surface area contributed by atoms with Crippen LogP contribution in [0.5, 0.6) is 5.75 Å². The maximum atomic E-state index is 10.7. The molecular weight excluding hydrogens is 194 g/mol. The number of hydrogen-bond acceptors (Lipinski definition) is 4. The van der Waals surface area contributed by atoms with Crippen LogP contribution in [-0.2, 0) is 4.74 Å². The number of hydrogen-bond donors (Lipinski definition) is 0. The van der Waals surface area contributed by atoms with Gasteiger partial charge in [0.05, 0.1) is 6.61 Å². The highest BCUT2D eigenvalue weighted by Crippen LogP contribution is 2.14. The van der Waals surface area contributed by atoms with Crippen LogP contribution >= 0.6 is 0 Å². The summed E-state index contributed by atoms with van der Waals surface area (Å²) in [6.07, 6.45) is 0.697. The third kappa shape index (κ3) is 3.67. The van der Waals surface area contributed by atoms with Gasteiger partial charge in [-0.05, 0) is 26.0 Å². The zero-order valence-corrected chi connectivity index (χ0v) is 9.03. The largest absolute Gasteiger partial charge is 0.489 e. The second-order valence-electron chi connectivity index (χ2n) is 3.00. The maximum absolute atomic E-state index is 10.7. The SMILES string of the molecule is CCOCCOc1ccc(C)nc1C=O. The molecule has 1 aromatic rings. The van der Waals surface area contributed by atoms with Crippen LogP contribution in [0.3, 0.4) is 0 Å². The van der Waals surface area contributed by atoms with E-state index in [1.807, 2.05) is 19.9 Å². The molecule has 82 valence electrons. The molecule has 0 bridgehead atoms. The molecule has 4 heteroatoms. The molecule has 0 saturated heterocycles. The lowest BCUT2D eigenvalue weighted by atomic mass is 10.3. The third-order valence-electron chi connectivity index (χ3n) is 1.83. The topological polar surface area (TPSA) is 48.4 Å². The van der Waals surface area contributed by atoms with Crippen molar-refractivity contribution in [1.82, 2.24) is 4.98 Å². The lowest BCUT2D eigenvalue weighted by Gasteiger charge is -2.07. The first-order valence-electron chi connectivity index (χ1n) is 4.91. The normalized spacial score (nSPS) is 10.0. The first-order valence-corrected chi connectivity index (χ1v) is 4.91. The molecule has 0 atom stereocenters. The van der Waals surface area contributed by atoms with Gasteiger partial charge in [0, 0.05) is 12.3 Å². The molecule has 0 amide bonds. The van der Waals surface area contributed by atoms with Crippen molar-refractivity contribution >= 4 is 6.29 Å². The van der Waals surface area contributed by atoms with Crippen LogP contribution in [0, 0.1) is 6.92 Å². The van der Waals surface area contributed by atoms with Crippen molar-refractivity contribution in [3.63, 3.8) is 0 Å². The zero-order chi connectivity index (χ0) is 11.1. The molecule has 0 aliphatic rings. The van der Waals surface area contributed by atoms with E-state index >= 15 is 0 Å². The molecule has 0 saturated carbocycles. The fourth-order valence-corrected chi connectivity index (χ4v) is 1.13. The highest BCUT2D eigenvalue weighted by atomic mass is 16.5. The van der Waals surface area contributed by atoms with Crippen LogP contribution in [0.1, 0.15) is 23.1 Å². The fourth-order valence-electron chi connectivity index (χ4n) is 1.13. The average molecular weight is 209 g/mol. The van der Waals surface area contributed by atoms with Crippen LogP contribution in [0.25, 0.3) is 0 Å². The smallest absolute Gasteiger partial charge is 0.172 e. The molecule has 4 nitrogen and oxygen atoms in total. The van der Waals surface area contributed by atoms with E-state index in [2.05, 4.69) is 4.98 Å². The summed E-state index contributed by atoms with van der Waals surface area (Å²) < 4.78 is 10.5. The van der Waals surface area contributed by atoms with Gasteiger partial charge >= 0.3 is 0 Å². The predicted molar refractivity (Wildman–Crippen MR) is 56.3 cm³/mol. The van der Waals surface area contributed by atoms with Crippen molar-refractivity contribution in [1.29, 1.82) is 0 Å². The highest BCUT2D eigenvalue weighted by molar-refractivity contribution is 5.76. The van der Waals surface area contributed by atoms with E-state index in [0.717, 1.165) is 5.69 Å². The number of pyridine rings is 1. The average Bonchev–Trinajstić information content (AvgIpc) is 2.26. The van der Waals surface area contributed by atoms with Gasteiger partial charge < -0.3 is 9.47 Å². The number of aromatic nitrogens is 1. The van der Waals surface area contributed by atoms with Gasteiger partial charge in [-0.3, -0.25) is 4.79 Å². The number of rotatable bonds is 6. The summed E-state index contributed by atoms with van der Waals surface area (Å²) in [6.45, 7) is 5.36. The summed E-state index contributed by atoms with van der Waals surface area (Å²) >= 11 is 0. The molecule has 0 aliphatic carbocycles. The van der Waals surface area contributed by atoms with Crippen LogP contribution in [-0.4, -0.2) is 31.1 Å². The molecule has 0 N–H and O–H groups in total. The van der Waals surface area contributed by atoms with Gasteiger partial charge in [0.15, 0.2) is 6.29 Å². The minimum absolute atomic E-state index is 0.339. The lowest BCUT2D eigenvalue weighted by Crippen LogP contribution is -2.08. The zero-order valence-electron chi connectivity index (χ0n) is 9.03. The Bertz CT molecular complexity index is 326. The van der Waals surface area contributed by atoms with E-state index in [0.29, 0.717) is 37.6 Å². The molecule has 1 rings (SSSR count). The Kier molecular flexibility index (Phi) is 4.77. The summed E-state index contributed by atoms with van der Waals surface area (Å²) in [5, 5.41) is 0. The van der Waals surface area contributed by atoms with E-state index in [1.54, 1.807) is 6.07 Å². The van der Waals surface area contributed by atoms with E-state index < -0.39 is 0 Å². The number of aryl methyl sites for hydroxylation is 1. The van der Waals surface area contributed by atoms with E-state index in [9.17, 15) is 4.79 Å². The molecule has 0 unspecified atom stereocenters. The Balaban J connectivity index is 2.56.